The highest BCUT2D eigenvalue weighted by Crippen LogP contribution is 2.29. The molecule has 20 heavy (non-hydrogen) atoms. The van der Waals surface area contributed by atoms with Crippen molar-refractivity contribution in [3.05, 3.63) is 51.3 Å². The van der Waals surface area contributed by atoms with Crippen LogP contribution in [0.1, 0.15) is 36.3 Å². The number of aromatic nitrogens is 2. The fourth-order valence-electron chi connectivity index (χ4n) is 2.40. The van der Waals surface area contributed by atoms with Crippen molar-refractivity contribution in [3.63, 3.8) is 0 Å². The van der Waals surface area contributed by atoms with Gasteiger partial charge in [-0.25, -0.2) is 0 Å². The van der Waals surface area contributed by atoms with Gasteiger partial charge in [-0.2, -0.15) is 5.10 Å². The Morgan fingerprint density at radius 3 is 2.50 bits per heavy atom. The van der Waals surface area contributed by atoms with Gasteiger partial charge in [-0.15, -0.1) is 0 Å². The van der Waals surface area contributed by atoms with Crippen molar-refractivity contribution in [1.29, 1.82) is 0 Å². The third-order valence-electron chi connectivity index (χ3n) is 3.57. The molecule has 5 heteroatoms. The first-order chi connectivity index (χ1) is 9.45. The molecule has 1 aromatic heterocycles. The van der Waals surface area contributed by atoms with Gasteiger partial charge in [0.2, 0.25) is 0 Å². The molecular weight excluding hydrogens is 293 g/mol. The number of aryl methyl sites for hydroxylation is 1. The molecule has 0 saturated heterocycles. The number of nitrogens with zero attached hydrogens (tertiary/aromatic N) is 2. The van der Waals surface area contributed by atoms with Gasteiger partial charge in [-0.05, 0) is 38.0 Å². The smallest absolute Gasteiger partial charge is 0.0923 e. The predicted octanol–water partition coefficient (Wildman–Crippen LogP) is 4.13. The molecule has 0 amide bonds. The molecule has 0 aliphatic carbocycles. The number of benzene rings is 1. The molecule has 1 aromatic carbocycles. The Kier molecular flexibility index (Phi) is 4.74. The normalized spacial score (nSPS) is 14.3. The summed E-state index contributed by atoms with van der Waals surface area (Å²) in [6.07, 6.45) is 0.840. The maximum Gasteiger partial charge on any atom is 0.0923 e. The van der Waals surface area contributed by atoms with Gasteiger partial charge in [-0.1, -0.05) is 42.3 Å². The van der Waals surface area contributed by atoms with E-state index in [1.807, 2.05) is 42.8 Å². The molecule has 0 aliphatic rings. The lowest BCUT2D eigenvalue weighted by atomic mass is 9.98. The first-order valence-corrected chi connectivity index (χ1v) is 7.43. The molecule has 0 radical (unpaired) electrons. The molecule has 0 spiro atoms. The van der Waals surface area contributed by atoms with E-state index >= 15 is 0 Å². The Balaban J connectivity index is 2.56. The zero-order chi connectivity index (χ0) is 14.9. The lowest BCUT2D eigenvalue weighted by Gasteiger charge is -2.25. The highest BCUT2D eigenvalue weighted by atomic mass is 35.5. The quantitative estimate of drug-likeness (QED) is 0.922. The van der Waals surface area contributed by atoms with E-state index in [1.54, 1.807) is 0 Å². The number of halogens is 2. The van der Waals surface area contributed by atoms with E-state index in [4.69, 9.17) is 28.9 Å². The zero-order valence-electron chi connectivity index (χ0n) is 11.9. The summed E-state index contributed by atoms with van der Waals surface area (Å²) in [5, 5.41) is 5.94. The second kappa shape index (κ2) is 6.17. The van der Waals surface area contributed by atoms with E-state index in [-0.39, 0.29) is 12.1 Å². The Labute approximate surface area is 129 Å². The molecule has 0 aliphatic heterocycles. The van der Waals surface area contributed by atoms with Gasteiger partial charge in [0.15, 0.2) is 0 Å². The summed E-state index contributed by atoms with van der Waals surface area (Å²) in [5.74, 6) is 0. The van der Waals surface area contributed by atoms with Crippen molar-refractivity contribution in [1.82, 2.24) is 9.78 Å². The van der Waals surface area contributed by atoms with Gasteiger partial charge < -0.3 is 5.73 Å². The minimum absolute atomic E-state index is 0.0532. The van der Waals surface area contributed by atoms with Crippen LogP contribution in [0.4, 0.5) is 0 Å². The molecule has 0 fully saturated rings. The summed E-state index contributed by atoms with van der Waals surface area (Å²) >= 11 is 12.4. The van der Waals surface area contributed by atoms with Crippen molar-refractivity contribution in [2.45, 2.75) is 39.3 Å². The van der Waals surface area contributed by atoms with Crippen molar-refractivity contribution in [2.75, 3.05) is 0 Å². The molecular formula is C15H19Cl2N3. The zero-order valence-corrected chi connectivity index (χ0v) is 13.4. The van der Waals surface area contributed by atoms with Crippen LogP contribution in [0, 0.1) is 13.8 Å². The lowest BCUT2D eigenvalue weighted by Crippen LogP contribution is -2.33. The van der Waals surface area contributed by atoms with Crippen molar-refractivity contribution >= 4 is 23.2 Å². The van der Waals surface area contributed by atoms with Crippen LogP contribution >= 0.6 is 23.2 Å². The molecule has 0 bridgehead atoms. The summed E-state index contributed by atoms with van der Waals surface area (Å²) in [5.41, 5.74) is 9.11. The van der Waals surface area contributed by atoms with Crippen molar-refractivity contribution in [3.8, 4) is 0 Å². The number of rotatable bonds is 4. The van der Waals surface area contributed by atoms with Gasteiger partial charge in [0.05, 0.1) is 22.5 Å². The van der Waals surface area contributed by atoms with Crippen LogP contribution < -0.4 is 5.73 Å². The Morgan fingerprint density at radius 1 is 1.30 bits per heavy atom. The standard InChI is InChI=1S/C15H19Cl2N3/c1-4-13(18)15(11-6-5-7-12(16)8-11)20-10(3)14(17)9(2)19-20/h5-8,13,15H,4,18H2,1-3H3. The van der Waals surface area contributed by atoms with Gasteiger partial charge >= 0.3 is 0 Å². The molecule has 2 N–H and O–H groups in total. The van der Waals surface area contributed by atoms with Crippen LogP contribution in [-0.4, -0.2) is 15.8 Å². The van der Waals surface area contributed by atoms with Gasteiger partial charge in [-0.3, -0.25) is 4.68 Å². The summed E-state index contributed by atoms with van der Waals surface area (Å²) in [6, 6.07) is 7.63. The average Bonchev–Trinajstić information content (AvgIpc) is 2.67. The summed E-state index contributed by atoms with van der Waals surface area (Å²) in [4.78, 5) is 0. The topological polar surface area (TPSA) is 43.8 Å². The fourth-order valence-corrected chi connectivity index (χ4v) is 2.72. The first kappa shape index (κ1) is 15.4. The average molecular weight is 312 g/mol. The highest BCUT2D eigenvalue weighted by Gasteiger charge is 2.24. The second-order valence-electron chi connectivity index (χ2n) is 5.00. The van der Waals surface area contributed by atoms with Gasteiger partial charge in [0.1, 0.15) is 0 Å². The molecule has 3 nitrogen and oxygen atoms in total. The number of nitrogens with two attached hydrogens (primary N) is 1. The summed E-state index contributed by atoms with van der Waals surface area (Å²) in [6.45, 7) is 5.93. The minimum Gasteiger partial charge on any atom is -0.326 e. The lowest BCUT2D eigenvalue weighted by molar-refractivity contribution is 0.415. The predicted molar refractivity (Wildman–Crippen MR) is 84.6 cm³/mol. The minimum atomic E-state index is -0.0649. The van der Waals surface area contributed by atoms with E-state index < -0.39 is 0 Å². The molecule has 2 rings (SSSR count). The van der Waals surface area contributed by atoms with E-state index in [0.717, 1.165) is 23.4 Å². The van der Waals surface area contributed by atoms with Crippen LogP contribution in [-0.2, 0) is 0 Å². The van der Waals surface area contributed by atoms with Crippen LogP contribution in [0.5, 0.6) is 0 Å². The number of hydrogen-bond acceptors (Lipinski definition) is 2. The highest BCUT2D eigenvalue weighted by molar-refractivity contribution is 6.31. The molecule has 0 saturated carbocycles. The van der Waals surface area contributed by atoms with E-state index in [0.29, 0.717) is 10.0 Å². The monoisotopic (exact) mass is 311 g/mol. The Bertz CT molecular complexity index is 607. The molecule has 2 aromatic rings. The Morgan fingerprint density at radius 2 is 2.00 bits per heavy atom. The van der Waals surface area contributed by atoms with E-state index in [9.17, 15) is 0 Å². The SMILES string of the molecule is CCC(N)C(c1cccc(Cl)c1)n1nc(C)c(Cl)c1C. The molecule has 1 heterocycles. The molecule has 108 valence electrons. The van der Waals surface area contributed by atoms with Crippen molar-refractivity contribution in [2.24, 2.45) is 5.73 Å². The first-order valence-electron chi connectivity index (χ1n) is 6.68. The maximum atomic E-state index is 6.31. The Hall–Kier alpha value is -1.03. The molecule has 2 unspecified atom stereocenters. The van der Waals surface area contributed by atoms with Crippen LogP contribution in [0.3, 0.4) is 0 Å². The van der Waals surface area contributed by atoms with E-state index in [1.165, 1.54) is 0 Å². The van der Waals surface area contributed by atoms with Gasteiger partial charge in [0.25, 0.3) is 0 Å². The van der Waals surface area contributed by atoms with Crippen molar-refractivity contribution < 1.29 is 0 Å². The largest absolute Gasteiger partial charge is 0.326 e. The summed E-state index contributed by atoms with van der Waals surface area (Å²) < 4.78 is 1.91. The third kappa shape index (κ3) is 2.85. The molecule has 2 atom stereocenters. The fraction of sp³-hybridized carbons (Fsp3) is 0.400. The number of hydrogen-bond donors (Lipinski definition) is 1. The maximum absolute atomic E-state index is 6.31. The second-order valence-corrected chi connectivity index (χ2v) is 5.82. The van der Waals surface area contributed by atoms with Gasteiger partial charge in [0, 0.05) is 11.1 Å². The van der Waals surface area contributed by atoms with Crippen LogP contribution in [0.2, 0.25) is 10.0 Å². The van der Waals surface area contributed by atoms with E-state index in [2.05, 4.69) is 12.0 Å². The van der Waals surface area contributed by atoms with Crippen LogP contribution in [0.15, 0.2) is 24.3 Å². The summed E-state index contributed by atoms with van der Waals surface area (Å²) in [7, 11) is 0. The van der Waals surface area contributed by atoms with Crippen LogP contribution in [0.25, 0.3) is 0 Å². The third-order valence-corrected chi connectivity index (χ3v) is 4.35.